The van der Waals surface area contributed by atoms with Crippen LogP contribution >= 0.6 is 11.6 Å². The number of hydrogen-bond donors (Lipinski definition) is 2. The van der Waals surface area contributed by atoms with E-state index in [0.717, 1.165) is 12.8 Å². The molecule has 7 nitrogen and oxygen atoms in total. The van der Waals surface area contributed by atoms with Crippen molar-refractivity contribution in [2.45, 2.75) is 28.7 Å². The van der Waals surface area contributed by atoms with Gasteiger partial charge in [-0.05, 0) is 49.2 Å². The van der Waals surface area contributed by atoms with Crippen LogP contribution in [-0.2, 0) is 20.0 Å². The molecule has 26 heavy (non-hydrogen) atoms. The zero-order valence-corrected chi connectivity index (χ0v) is 16.2. The zero-order chi connectivity index (χ0) is 18.9. The summed E-state index contributed by atoms with van der Waals surface area (Å²) in [5.74, 6) is 0.352. The second-order valence-electron chi connectivity index (χ2n) is 5.83. The Balaban J connectivity index is 1.86. The summed E-state index contributed by atoms with van der Waals surface area (Å²) in [7, 11) is -6.19. The van der Waals surface area contributed by atoms with Crippen molar-refractivity contribution in [3.05, 3.63) is 47.5 Å². The number of nitrogens with one attached hydrogen (secondary N) is 2. The fraction of sp³-hybridized carbons (Fsp3) is 0.250. The predicted molar refractivity (Wildman–Crippen MR) is 98.6 cm³/mol. The third-order valence-electron chi connectivity index (χ3n) is 3.73. The summed E-state index contributed by atoms with van der Waals surface area (Å²) in [6.07, 6.45) is 1.62. The monoisotopic (exact) mass is 416 g/mol. The molecule has 0 aliphatic heterocycles. The van der Waals surface area contributed by atoms with E-state index in [4.69, 9.17) is 16.3 Å². The number of ether oxygens (including phenoxy) is 1. The molecule has 2 aromatic rings. The topological polar surface area (TPSA) is 102 Å². The molecular formula is C16H17ClN2O5S2. The molecule has 0 saturated heterocycles. The first-order valence-electron chi connectivity index (χ1n) is 7.70. The van der Waals surface area contributed by atoms with E-state index in [1.807, 2.05) is 0 Å². The van der Waals surface area contributed by atoms with Crippen LogP contribution in [0.2, 0.25) is 5.02 Å². The highest BCUT2D eigenvalue weighted by Crippen LogP contribution is 2.28. The van der Waals surface area contributed by atoms with Gasteiger partial charge in [-0.1, -0.05) is 17.7 Å². The lowest BCUT2D eigenvalue weighted by Gasteiger charge is -2.11. The largest absolute Gasteiger partial charge is 0.495 e. The quantitative estimate of drug-likeness (QED) is 0.722. The minimum Gasteiger partial charge on any atom is -0.495 e. The Labute approximate surface area is 157 Å². The number of anilines is 1. The summed E-state index contributed by atoms with van der Waals surface area (Å²) in [4.78, 5) is -0.0648. The molecule has 0 amide bonds. The van der Waals surface area contributed by atoms with E-state index in [2.05, 4.69) is 9.44 Å². The minimum absolute atomic E-state index is 0.00244. The fourth-order valence-corrected chi connectivity index (χ4v) is 4.99. The molecule has 1 aliphatic rings. The van der Waals surface area contributed by atoms with Gasteiger partial charge in [0.1, 0.15) is 5.75 Å². The zero-order valence-electron chi connectivity index (χ0n) is 13.8. The van der Waals surface area contributed by atoms with Crippen LogP contribution in [0, 0.1) is 0 Å². The molecule has 0 heterocycles. The van der Waals surface area contributed by atoms with Gasteiger partial charge in [-0.15, -0.1) is 0 Å². The van der Waals surface area contributed by atoms with E-state index < -0.39 is 20.0 Å². The second-order valence-corrected chi connectivity index (χ2v) is 9.63. The molecule has 0 atom stereocenters. The molecule has 2 aromatic carbocycles. The van der Waals surface area contributed by atoms with Gasteiger partial charge >= 0.3 is 0 Å². The first-order valence-corrected chi connectivity index (χ1v) is 11.0. The third kappa shape index (κ3) is 4.29. The highest BCUT2D eigenvalue weighted by molar-refractivity contribution is 7.92. The predicted octanol–water partition coefficient (Wildman–Crippen LogP) is 2.59. The minimum atomic E-state index is -3.94. The van der Waals surface area contributed by atoms with Crippen molar-refractivity contribution in [1.82, 2.24) is 4.72 Å². The maximum atomic E-state index is 12.5. The molecular weight excluding hydrogens is 400 g/mol. The fourth-order valence-electron chi connectivity index (χ4n) is 2.24. The first kappa shape index (κ1) is 19.0. The van der Waals surface area contributed by atoms with Gasteiger partial charge in [-0.25, -0.2) is 21.6 Å². The van der Waals surface area contributed by atoms with Gasteiger partial charge < -0.3 is 4.74 Å². The van der Waals surface area contributed by atoms with Crippen molar-refractivity contribution < 1.29 is 21.6 Å². The Morgan fingerprint density at radius 2 is 1.69 bits per heavy atom. The average Bonchev–Trinajstić information content (AvgIpc) is 3.38. The molecule has 0 radical (unpaired) electrons. The van der Waals surface area contributed by atoms with Crippen molar-refractivity contribution in [2.24, 2.45) is 0 Å². The molecule has 0 bridgehead atoms. The van der Waals surface area contributed by atoms with E-state index in [1.165, 1.54) is 49.6 Å². The standard InChI is InChI=1S/C16H17ClN2O5S2/c1-24-16-8-7-14(10-15(16)17)26(22,23)19-12-3-2-4-13(9-12)25(20,21)18-11-5-6-11/h2-4,7-11,18-19H,5-6H2,1H3. The summed E-state index contributed by atoms with van der Waals surface area (Å²) in [5, 5.41) is 0.153. The highest BCUT2D eigenvalue weighted by atomic mass is 35.5. The summed E-state index contributed by atoms with van der Waals surface area (Å²) < 4.78 is 59.5. The van der Waals surface area contributed by atoms with Crippen molar-refractivity contribution in [1.29, 1.82) is 0 Å². The molecule has 140 valence electrons. The van der Waals surface area contributed by atoms with E-state index in [1.54, 1.807) is 0 Å². The Hall–Kier alpha value is -1.81. The number of methoxy groups -OCH3 is 1. The van der Waals surface area contributed by atoms with Crippen LogP contribution in [-0.4, -0.2) is 30.0 Å². The summed E-state index contributed by atoms with van der Waals surface area (Å²) in [5.41, 5.74) is 0.135. The molecule has 1 saturated carbocycles. The number of sulfonamides is 2. The Morgan fingerprint density at radius 1 is 1.00 bits per heavy atom. The van der Waals surface area contributed by atoms with E-state index in [-0.39, 0.29) is 26.5 Å². The van der Waals surface area contributed by atoms with Gasteiger partial charge in [-0.3, -0.25) is 4.72 Å². The Kier molecular flexibility index (Phi) is 5.16. The number of halogens is 1. The Morgan fingerprint density at radius 3 is 2.31 bits per heavy atom. The van der Waals surface area contributed by atoms with Crippen LogP contribution in [0.4, 0.5) is 5.69 Å². The lowest BCUT2D eigenvalue weighted by molar-refractivity contribution is 0.414. The maximum Gasteiger partial charge on any atom is 0.261 e. The second kappa shape index (κ2) is 7.07. The van der Waals surface area contributed by atoms with E-state index in [9.17, 15) is 16.8 Å². The smallest absolute Gasteiger partial charge is 0.261 e. The summed E-state index contributed by atoms with van der Waals surface area (Å²) >= 11 is 5.97. The Bertz CT molecular complexity index is 1030. The normalized spacial score (nSPS) is 14.8. The highest BCUT2D eigenvalue weighted by Gasteiger charge is 2.28. The van der Waals surface area contributed by atoms with E-state index in [0.29, 0.717) is 5.75 Å². The van der Waals surface area contributed by atoms with Crippen molar-refractivity contribution in [3.63, 3.8) is 0 Å². The third-order valence-corrected chi connectivity index (χ3v) is 6.92. The molecule has 1 fully saturated rings. The van der Waals surface area contributed by atoms with Crippen LogP contribution in [0.15, 0.2) is 52.3 Å². The summed E-state index contributed by atoms with van der Waals surface area (Å²) in [6, 6.07) is 9.64. The van der Waals surface area contributed by atoms with Crippen LogP contribution in [0.5, 0.6) is 5.75 Å². The lowest BCUT2D eigenvalue weighted by Crippen LogP contribution is -2.25. The van der Waals surface area contributed by atoms with Gasteiger partial charge in [0, 0.05) is 6.04 Å². The molecule has 1 aliphatic carbocycles. The molecule has 0 aromatic heterocycles. The van der Waals surface area contributed by atoms with Crippen LogP contribution in [0.3, 0.4) is 0 Å². The van der Waals surface area contributed by atoms with Crippen LogP contribution in [0.25, 0.3) is 0 Å². The van der Waals surface area contributed by atoms with Crippen molar-refractivity contribution in [2.75, 3.05) is 11.8 Å². The van der Waals surface area contributed by atoms with Crippen LogP contribution in [0.1, 0.15) is 12.8 Å². The van der Waals surface area contributed by atoms with Gasteiger partial charge in [0.25, 0.3) is 10.0 Å². The molecule has 2 N–H and O–H groups in total. The van der Waals surface area contributed by atoms with Crippen molar-refractivity contribution >= 4 is 37.3 Å². The molecule has 0 unspecified atom stereocenters. The SMILES string of the molecule is COc1ccc(S(=O)(=O)Nc2cccc(S(=O)(=O)NC3CC3)c2)cc1Cl. The maximum absolute atomic E-state index is 12.5. The molecule has 0 spiro atoms. The first-order chi connectivity index (χ1) is 12.2. The average molecular weight is 417 g/mol. The van der Waals surface area contributed by atoms with Gasteiger partial charge in [0.2, 0.25) is 10.0 Å². The van der Waals surface area contributed by atoms with Crippen LogP contribution < -0.4 is 14.2 Å². The van der Waals surface area contributed by atoms with Crippen molar-refractivity contribution in [3.8, 4) is 5.75 Å². The number of rotatable bonds is 7. The molecule has 10 heteroatoms. The molecule has 3 rings (SSSR count). The van der Waals surface area contributed by atoms with Gasteiger partial charge in [0.15, 0.2) is 0 Å². The van der Waals surface area contributed by atoms with Gasteiger partial charge in [0.05, 0.1) is 27.6 Å². The summed E-state index contributed by atoms with van der Waals surface area (Å²) in [6.45, 7) is 0. The van der Waals surface area contributed by atoms with E-state index >= 15 is 0 Å². The van der Waals surface area contributed by atoms with Gasteiger partial charge in [-0.2, -0.15) is 0 Å². The number of benzene rings is 2. The number of hydrogen-bond acceptors (Lipinski definition) is 5. The lowest BCUT2D eigenvalue weighted by atomic mass is 10.3.